The first kappa shape index (κ1) is 22.0. The lowest BCUT2D eigenvalue weighted by Gasteiger charge is -2.47. The summed E-state index contributed by atoms with van der Waals surface area (Å²) in [6.45, 7) is 5.22. The van der Waals surface area contributed by atoms with Gasteiger partial charge in [-0.2, -0.15) is 0 Å². The van der Waals surface area contributed by atoms with Gasteiger partial charge < -0.3 is 14.8 Å². The lowest BCUT2D eigenvalue weighted by atomic mass is 9.77. The van der Waals surface area contributed by atoms with Gasteiger partial charge in [-0.05, 0) is 80.0 Å². The summed E-state index contributed by atoms with van der Waals surface area (Å²) in [6, 6.07) is 10.9. The number of rotatable bonds is 7. The molecule has 2 fully saturated rings. The van der Waals surface area contributed by atoms with E-state index in [1.807, 2.05) is 18.2 Å². The van der Waals surface area contributed by atoms with E-state index in [9.17, 15) is 4.79 Å². The van der Waals surface area contributed by atoms with Crippen LogP contribution in [0.25, 0.3) is 0 Å². The number of hydrogen-bond donors (Lipinski definition) is 1. The molecule has 0 aliphatic carbocycles. The third-order valence-electron chi connectivity index (χ3n) is 7.40. The molecule has 2 aliphatic rings. The molecule has 2 bridgehead atoms. The van der Waals surface area contributed by atoms with Gasteiger partial charge in [-0.15, -0.1) is 0 Å². The topological polar surface area (TPSA) is 50.8 Å². The molecule has 2 aromatic carbocycles. The van der Waals surface area contributed by atoms with Crippen LogP contribution in [0.15, 0.2) is 30.3 Å². The van der Waals surface area contributed by atoms with E-state index in [1.165, 1.54) is 16.7 Å². The van der Waals surface area contributed by atoms with E-state index >= 15 is 0 Å². The quantitative estimate of drug-likeness (QED) is 0.629. The molecule has 4 rings (SSSR count). The Bertz CT molecular complexity index is 963. The minimum atomic E-state index is -0.396. The summed E-state index contributed by atoms with van der Waals surface area (Å²) in [5.74, 6) is 1.58. The normalized spacial score (nSPS) is 25.3. The summed E-state index contributed by atoms with van der Waals surface area (Å²) in [7, 11) is 3.34. The lowest BCUT2D eigenvalue weighted by Crippen LogP contribution is -2.55. The van der Waals surface area contributed by atoms with E-state index in [4.69, 9.17) is 21.1 Å². The van der Waals surface area contributed by atoms with Gasteiger partial charge >= 0.3 is 0 Å². The van der Waals surface area contributed by atoms with Gasteiger partial charge in [0, 0.05) is 18.6 Å². The Morgan fingerprint density at radius 2 is 1.74 bits per heavy atom. The Hall–Kier alpha value is -2.24. The lowest BCUT2D eigenvalue weighted by molar-refractivity contribution is -0.112. The fourth-order valence-electron chi connectivity index (χ4n) is 5.55. The maximum absolute atomic E-state index is 11.6. The van der Waals surface area contributed by atoms with E-state index in [1.54, 1.807) is 14.2 Å². The van der Waals surface area contributed by atoms with Crippen LogP contribution in [0.1, 0.15) is 47.9 Å². The van der Waals surface area contributed by atoms with Gasteiger partial charge in [0.25, 0.3) is 0 Å². The monoisotopic (exact) mass is 442 g/mol. The second kappa shape index (κ2) is 8.71. The molecule has 2 unspecified atom stereocenters. The SMILES string of the molecule is COc1cc(C2(NC=O)CC3CCC(C2)N3Cc2ccc(OC)c(C)c2C)ccc1Cl. The molecular formula is C25H31ClN2O3. The fraction of sp³-hybridized carbons (Fsp3) is 0.480. The third-order valence-corrected chi connectivity index (χ3v) is 7.71. The number of benzene rings is 2. The summed E-state index contributed by atoms with van der Waals surface area (Å²) in [5.41, 5.74) is 4.51. The van der Waals surface area contributed by atoms with Crippen molar-refractivity contribution >= 4 is 18.0 Å². The highest BCUT2D eigenvalue weighted by Crippen LogP contribution is 2.47. The largest absolute Gasteiger partial charge is 0.496 e. The molecule has 1 N–H and O–H groups in total. The first-order valence-corrected chi connectivity index (χ1v) is 11.2. The summed E-state index contributed by atoms with van der Waals surface area (Å²) in [4.78, 5) is 14.3. The molecule has 0 saturated carbocycles. The van der Waals surface area contributed by atoms with Crippen LogP contribution in [-0.2, 0) is 16.9 Å². The Kier molecular flexibility index (Phi) is 6.18. The molecule has 2 saturated heterocycles. The number of piperidine rings is 1. The van der Waals surface area contributed by atoms with Gasteiger partial charge in [0.1, 0.15) is 11.5 Å². The number of amides is 1. The van der Waals surface area contributed by atoms with Crippen molar-refractivity contribution in [3.63, 3.8) is 0 Å². The van der Waals surface area contributed by atoms with Crippen LogP contribution in [-0.4, -0.2) is 37.6 Å². The van der Waals surface area contributed by atoms with E-state index in [2.05, 4.69) is 36.2 Å². The molecule has 2 atom stereocenters. The van der Waals surface area contributed by atoms with E-state index in [0.717, 1.165) is 50.0 Å². The van der Waals surface area contributed by atoms with Crippen molar-refractivity contribution in [1.82, 2.24) is 10.2 Å². The number of methoxy groups -OCH3 is 2. The van der Waals surface area contributed by atoms with Crippen LogP contribution in [0.3, 0.4) is 0 Å². The van der Waals surface area contributed by atoms with Crippen molar-refractivity contribution < 1.29 is 14.3 Å². The number of halogens is 1. The fourth-order valence-corrected chi connectivity index (χ4v) is 5.74. The number of fused-ring (bicyclic) bond motifs is 2. The van der Waals surface area contributed by atoms with E-state index in [0.29, 0.717) is 22.9 Å². The molecule has 0 aromatic heterocycles. The van der Waals surface area contributed by atoms with Crippen molar-refractivity contribution in [3.05, 3.63) is 57.6 Å². The van der Waals surface area contributed by atoms with Gasteiger partial charge in [0.2, 0.25) is 6.41 Å². The maximum atomic E-state index is 11.6. The van der Waals surface area contributed by atoms with Gasteiger partial charge in [-0.3, -0.25) is 9.69 Å². The van der Waals surface area contributed by atoms with Gasteiger partial charge in [0.15, 0.2) is 0 Å². The number of ether oxygens (including phenoxy) is 2. The summed E-state index contributed by atoms with van der Waals surface area (Å²) in [6.07, 6.45) is 4.88. The van der Waals surface area contributed by atoms with Crippen LogP contribution in [0.5, 0.6) is 11.5 Å². The zero-order valence-corrected chi connectivity index (χ0v) is 19.5. The zero-order chi connectivity index (χ0) is 22.2. The second-order valence-electron chi connectivity index (χ2n) is 8.84. The number of hydrogen-bond acceptors (Lipinski definition) is 4. The van der Waals surface area contributed by atoms with Crippen LogP contribution in [0.4, 0.5) is 0 Å². The Labute approximate surface area is 189 Å². The molecule has 1 amide bonds. The number of carbonyl (C=O) groups is 1. The highest BCUT2D eigenvalue weighted by molar-refractivity contribution is 6.32. The van der Waals surface area contributed by atoms with Crippen LogP contribution < -0.4 is 14.8 Å². The van der Waals surface area contributed by atoms with Crippen molar-refractivity contribution in [2.45, 2.75) is 63.7 Å². The molecule has 0 spiro atoms. The number of nitrogens with one attached hydrogen (secondary N) is 1. The first-order valence-electron chi connectivity index (χ1n) is 10.9. The third kappa shape index (κ3) is 3.90. The minimum absolute atomic E-state index is 0.396. The zero-order valence-electron chi connectivity index (χ0n) is 18.7. The predicted molar refractivity (Wildman–Crippen MR) is 123 cm³/mol. The summed E-state index contributed by atoms with van der Waals surface area (Å²) >= 11 is 6.26. The average molecular weight is 443 g/mol. The Morgan fingerprint density at radius 3 is 2.35 bits per heavy atom. The van der Waals surface area contributed by atoms with E-state index < -0.39 is 5.54 Å². The predicted octanol–water partition coefficient (Wildman–Crippen LogP) is 4.74. The molecular weight excluding hydrogens is 412 g/mol. The minimum Gasteiger partial charge on any atom is -0.496 e. The molecule has 2 aromatic rings. The van der Waals surface area contributed by atoms with E-state index in [-0.39, 0.29) is 0 Å². The maximum Gasteiger partial charge on any atom is 0.207 e. The van der Waals surface area contributed by atoms with Gasteiger partial charge in [-0.1, -0.05) is 23.7 Å². The van der Waals surface area contributed by atoms with Gasteiger partial charge in [-0.25, -0.2) is 0 Å². The molecule has 0 radical (unpaired) electrons. The Balaban J connectivity index is 1.62. The van der Waals surface area contributed by atoms with Crippen molar-refractivity contribution in [3.8, 4) is 11.5 Å². The number of carbonyl (C=O) groups excluding carboxylic acids is 1. The van der Waals surface area contributed by atoms with Crippen molar-refractivity contribution in [2.75, 3.05) is 14.2 Å². The standard InChI is InChI=1S/C25H31ClN2O3/c1-16-17(2)23(30-3)10-5-18(16)14-28-20-7-8-21(28)13-25(12-20,27-15-29)19-6-9-22(26)24(11-19)31-4/h5-6,9-11,15,20-21H,7-8,12-14H2,1-4H3,(H,27,29). The summed E-state index contributed by atoms with van der Waals surface area (Å²) < 4.78 is 10.9. The average Bonchev–Trinajstić information content (AvgIpc) is 3.00. The van der Waals surface area contributed by atoms with Crippen LogP contribution in [0.2, 0.25) is 5.02 Å². The molecule has 2 aliphatic heterocycles. The van der Waals surface area contributed by atoms with Crippen molar-refractivity contribution in [1.29, 1.82) is 0 Å². The summed E-state index contributed by atoms with van der Waals surface area (Å²) in [5, 5.41) is 3.77. The van der Waals surface area contributed by atoms with Gasteiger partial charge in [0.05, 0.1) is 24.8 Å². The molecule has 5 nitrogen and oxygen atoms in total. The molecule has 2 heterocycles. The first-order chi connectivity index (χ1) is 14.9. The second-order valence-corrected chi connectivity index (χ2v) is 9.24. The highest BCUT2D eigenvalue weighted by Gasteiger charge is 2.49. The Morgan fingerprint density at radius 1 is 1.06 bits per heavy atom. The van der Waals surface area contributed by atoms with Crippen molar-refractivity contribution in [2.24, 2.45) is 0 Å². The highest BCUT2D eigenvalue weighted by atomic mass is 35.5. The smallest absolute Gasteiger partial charge is 0.207 e. The molecule has 6 heteroatoms. The van der Waals surface area contributed by atoms with Crippen LogP contribution >= 0.6 is 11.6 Å². The number of nitrogens with zero attached hydrogens (tertiary/aromatic N) is 1. The molecule has 166 valence electrons. The molecule has 31 heavy (non-hydrogen) atoms. The van der Waals surface area contributed by atoms with Crippen LogP contribution in [0, 0.1) is 13.8 Å².